The number of carbonyl (C=O) groups is 1. The third-order valence-electron chi connectivity index (χ3n) is 3.18. The minimum absolute atomic E-state index is 0.304. The quantitative estimate of drug-likeness (QED) is 0.844. The van der Waals surface area contributed by atoms with Crippen LogP contribution in [0.2, 0.25) is 0 Å². The van der Waals surface area contributed by atoms with Crippen molar-refractivity contribution in [3.05, 3.63) is 29.6 Å². The van der Waals surface area contributed by atoms with Crippen LogP contribution in [-0.4, -0.2) is 41.3 Å². The maximum absolute atomic E-state index is 13.7. The van der Waals surface area contributed by atoms with Gasteiger partial charge >= 0.3 is 5.97 Å². The Morgan fingerprint density at radius 2 is 1.95 bits per heavy atom. The molecule has 1 saturated heterocycles. The summed E-state index contributed by atoms with van der Waals surface area (Å²) in [5.74, 6) is -1.55. The van der Waals surface area contributed by atoms with E-state index in [2.05, 4.69) is 4.72 Å². The summed E-state index contributed by atoms with van der Waals surface area (Å²) in [6.45, 7) is 0. The molecule has 0 unspecified atom stereocenters. The van der Waals surface area contributed by atoms with Gasteiger partial charge in [0.25, 0.3) is 0 Å². The van der Waals surface area contributed by atoms with Gasteiger partial charge in [-0.25, -0.2) is 22.3 Å². The third kappa shape index (κ3) is 3.86. The van der Waals surface area contributed by atoms with Crippen LogP contribution in [0.1, 0.15) is 23.2 Å². The molecule has 0 radical (unpaired) electrons. The number of carboxylic acid groups (broad SMARTS) is 1. The first-order chi connectivity index (χ1) is 9.79. The summed E-state index contributed by atoms with van der Waals surface area (Å²) in [7, 11) is -5.09. The summed E-state index contributed by atoms with van der Waals surface area (Å²) in [6.07, 6.45) is 0.818. The topological polar surface area (TPSA) is 101 Å². The minimum atomic E-state index is -4.15. The average Bonchev–Trinajstić information content (AvgIpc) is 2.41. The van der Waals surface area contributed by atoms with Crippen LogP contribution in [0.5, 0.6) is 0 Å². The molecule has 1 heterocycles. The zero-order valence-electron chi connectivity index (χ0n) is 10.9. The largest absolute Gasteiger partial charge is 0.478 e. The molecular formula is C12H14FNO5S2. The Balaban J connectivity index is 2.25. The van der Waals surface area contributed by atoms with Crippen LogP contribution in [0.3, 0.4) is 0 Å². The van der Waals surface area contributed by atoms with Crippen LogP contribution < -0.4 is 4.72 Å². The van der Waals surface area contributed by atoms with E-state index >= 15 is 0 Å². The lowest BCUT2D eigenvalue weighted by Gasteiger charge is -2.22. The molecule has 2 rings (SSSR count). The van der Waals surface area contributed by atoms with Crippen LogP contribution in [0, 0.1) is 5.82 Å². The van der Waals surface area contributed by atoms with Crippen LogP contribution >= 0.6 is 0 Å². The molecule has 116 valence electrons. The predicted molar refractivity (Wildman–Crippen MR) is 74.6 cm³/mol. The smallest absolute Gasteiger partial charge is 0.335 e. The van der Waals surface area contributed by atoms with Gasteiger partial charge in [0.2, 0.25) is 10.0 Å². The molecule has 0 aliphatic carbocycles. The number of rotatable bonds is 4. The van der Waals surface area contributed by atoms with Crippen molar-refractivity contribution < 1.29 is 26.9 Å². The van der Waals surface area contributed by atoms with Gasteiger partial charge in [-0.15, -0.1) is 0 Å². The lowest BCUT2D eigenvalue weighted by molar-refractivity contribution is 0.0696. The van der Waals surface area contributed by atoms with E-state index in [0.29, 0.717) is 24.3 Å². The van der Waals surface area contributed by atoms with Crippen molar-refractivity contribution in [3.63, 3.8) is 0 Å². The van der Waals surface area contributed by atoms with E-state index < -0.39 is 43.5 Å². The van der Waals surface area contributed by atoms with Crippen molar-refractivity contribution in [2.24, 2.45) is 0 Å². The van der Waals surface area contributed by atoms with Gasteiger partial charge in [0.05, 0.1) is 5.56 Å². The second-order valence-corrected chi connectivity index (χ2v) is 8.07. The summed E-state index contributed by atoms with van der Waals surface area (Å²) in [5, 5.41) is 8.84. The lowest BCUT2D eigenvalue weighted by atomic mass is 10.2. The van der Waals surface area contributed by atoms with Gasteiger partial charge in [-0.1, -0.05) is 0 Å². The zero-order chi connectivity index (χ0) is 15.6. The van der Waals surface area contributed by atoms with Crippen molar-refractivity contribution in [3.8, 4) is 0 Å². The molecule has 6 nitrogen and oxygen atoms in total. The lowest BCUT2D eigenvalue weighted by Crippen LogP contribution is -2.39. The molecule has 1 aliphatic rings. The fourth-order valence-electron chi connectivity index (χ4n) is 2.04. The maximum atomic E-state index is 13.7. The standard InChI is InChI=1S/C12H14FNO5S2/c13-10-2-1-8(12(15)16)7-11(10)21(18,19)14-9-3-5-20(17)6-4-9/h1-2,7,9,14H,3-6H2,(H,15,16). The Bertz CT molecular complexity index is 679. The Morgan fingerprint density at radius 1 is 1.33 bits per heavy atom. The summed E-state index contributed by atoms with van der Waals surface area (Å²) in [5.41, 5.74) is -0.304. The molecule has 9 heteroatoms. The minimum Gasteiger partial charge on any atom is -0.478 e. The van der Waals surface area contributed by atoms with E-state index in [9.17, 15) is 21.8 Å². The van der Waals surface area contributed by atoms with Crippen LogP contribution in [0.4, 0.5) is 4.39 Å². The Kier molecular flexibility index (Phi) is 4.74. The first kappa shape index (κ1) is 16.1. The molecule has 2 N–H and O–H groups in total. The molecule has 1 aliphatic heterocycles. The fourth-order valence-corrected chi connectivity index (χ4v) is 4.74. The zero-order valence-corrected chi connectivity index (χ0v) is 12.5. The summed E-state index contributed by atoms with van der Waals surface area (Å²) in [6, 6.07) is 2.19. The van der Waals surface area contributed by atoms with Gasteiger partial charge in [-0.3, -0.25) is 4.21 Å². The summed E-state index contributed by atoms with van der Waals surface area (Å²) in [4.78, 5) is 10.2. The predicted octanol–water partition coefficient (Wildman–Crippen LogP) is 0.713. The van der Waals surface area contributed by atoms with Crippen LogP contribution in [-0.2, 0) is 20.8 Å². The molecule has 0 atom stereocenters. The number of benzene rings is 1. The van der Waals surface area contributed by atoms with E-state index in [1.165, 1.54) is 0 Å². The number of sulfonamides is 1. The van der Waals surface area contributed by atoms with Crippen molar-refractivity contribution in [2.75, 3.05) is 11.5 Å². The number of halogens is 1. The fraction of sp³-hybridized carbons (Fsp3) is 0.417. The van der Waals surface area contributed by atoms with Gasteiger partial charge in [0.1, 0.15) is 10.7 Å². The number of hydrogen-bond donors (Lipinski definition) is 2. The third-order valence-corrected chi connectivity index (χ3v) is 6.10. The highest BCUT2D eigenvalue weighted by atomic mass is 32.2. The van der Waals surface area contributed by atoms with Crippen molar-refractivity contribution in [1.82, 2.24) is 4.72 Å². The average molecular weight is 335 g/mol. The van der Waals surface area contributed by atoms with E-state index in [0.717, 1.165) is 18.2 Å². The summed E-state index contributed by atoms with van der Waals surface area (Å²) < 4.78 is 51.6. The van der Waals surface area contributed by atoms with Crippen molar-refractivity contribution >= 4 is 26.8 Å². The Labute approximate surface area is 123 Å². The number of aromatic carboxylic acids is 1. The van der Waals surface area contributed by atoms with Crippen LogP contribution in [0.25, 0.3) is 0 Å². The number of hydrogen-bond acceptors (Lipinski definition) is 4. The highest BCUT2D eigenvalue weighted by Gasteiger charge is 2.26. The molecule has 0 saturated carbocycles. The molecule has 1 fully saturated rings. The molecular weight excluding hydrogens is 321 g/mol. The number of carboxylic acids is 1. The second kappa shape index (κ2) is 6.20. The van der Waals surface area contributed by atoms with E-state index in [1.54, 1.807) is 0 Å². The van der Waals surface area contributed by atoms with E-state index in [4.69, 9.17) is 5.11 Å². The van der Waals surface area contributed by atoms with E-state index in [-0.39, 0.29) is 5.56 Å². The SMILES string of the molecule is O=C(O)c1ccc(F)c(S(=O)(=O)NC2CCS(=O)CC2)c1. The Hall–Kier alpha value is -1.32. The van der Waals surface area contributed by atoms with Gasteiger partial charge in [-0.05, 0) is 31.0 Å². The van der Waals surface area contributed by atoms with Gasteiger partial charge in [-0.2, -0.15) is 0 Å². The van der Waals surface area contributed by atoms with Gasteiger partial charge in [0, 0.05) is 28.3 Å². The first-order valence-electron chi connectivity index (χ1n) is 6.20. The monoisotopic (exact) mass is 335 g/mol. The molecule has 21 heavy (non-hydrogen) atoms. The highest BCUT2D eigenvalue weighted by molar-refractivity contribution is 7.89. The maximum Gasteiger partial charge on any atom is 0.335 e. The molecule has 1 aromatic carbocycles. The highest BCUT2D eigenvalue weighted by Crippen LogP contribution is 2.19. The van der Waals surface area contributed by atoms with Crippen LogP contribution in [0.15, 0.2) is 23.1 Å². The molecule has 0 spiro atoms. The van der Waals surface area contributed by atoms with Gasteiger partial charge in [0.15, 0.2) is 0 Å². The summed E-state index contributed by atoms with van der Waals surface area (Å²) >= 11 is 0. The Morgan fingerprint density at radius 3 is 2.52 bits per heavy atom. The molecule has 1 aromatic rings. The molecule has 0 bridgehead atoms. The normalized spacial score (nSPS) is 22.9. The van der Waals surface area contributed by atoms with E-state index in [1.807, 2.05) is 0 Å². The van der Waals surface area contributed by atoms with Crippen molar-refractivity contribution in [2.45, 2.75) is 23.8 Å². The second-order valence-electron chi connectivity index (χ2n) is 4.69. The van der Waals surface area contributed by atoms with Crippen molar-refractivity contribution in [1.29, 1.82) is 0 Å². The molecule has 0 aromatic heterocycles. The van der Waals surface area contributed by atoms with Gasteiger partial charge < -0.3 is 5.11 Å². The number of nitrogens with one attached hydrogen (secondary N) is 1. The first-order valence-corrected chi connectivity index (χ1v) is 9.17. The molecule has 0 amide bonds.